The van der Waals surface area contributed by atoms with Gasteiger partial charge in [0.15, 0.2) is 0 Å². The molecule has 3 N–H and O–H groups in total. The Morgan fingerprint density at radius 3 is 2.84 bits per heavy atom. The van der Waals surface area contributed by atoms with Gasteiger partial charge in [0.1, 0.15) is 17.8 Å². The molecule has 7 heteroatoms. The third kappa shape index (κ3) is 3.27. The number of aromatic amines is 1. The van der Waals surface area contributed by atoms with E-state index in [1.807, 2.05) is 19.9 Å². The molecular formula is C12H16N6O. The summed E-state index contributed by atoms with van der Waals surface area (Å²) in [4.78, 5) is 20.1. The fourth-order valence-electron chi connectivity index (χ4n) is 1.60. The minimum atomic E-state index is -0.245. The molecule has 2 aromatic rings. The van der Waals surface area contributed by atoms with Gasteiger partial charge in [-0.05, 0) is 26.0 Å². The molecular weight excluding hydrogens is 244 g/mol. The van der Waals surface area contributed by atoms with E-state index < -0.39 is 0 Å². The average Bonchev–Trinajstić information content (AvgIpc) is 2.94. The van der Waals surface area contributed by atoms with Crippen molar-refractivity contribution in [3.8, 4) is 0 Å². The van der Waals surface area contributed by atoms with Crippen molar-refractivity contribution < 1.29 is 4.79 Å². The Labute approximate surface area is 110 Å². The van der Waals surface area contributed by atoms with Crippen LogP contribution in [0, 0.1) is 0 Å². The fraction of sp³-hybridized carbons (Fsp3) is 0.333. The Balaban J connectivity index is 1.99. The van der Waals surface area contributed by atoms with Gasteiger partial charge in [0, 0.05) is 6.54 Å². The summed E-state index contributed by atoms with van der Waals surface area (Å²) in [7, 11) is 0. The largest absolute Gasteiger partial charge is 0.384 e. The molecule has 0 spiro atoms. The van der Waals surface area contributed by atoms with Gasteiger partial charge in [0.2, 0.25) is 0 Å². The minimum Gasteiger partial charge on any atom is -0.384 e. The molecule has 0 saturated carbocycles. The van der Waals surface area contributed by atoms with E-state index in [2.05, 4.69) is 30.8 Å². The number of nitrogens with zero attached hydrogens (tertiary/aromatic N) is 3. The summed E-state index contributed by atoms with van der Waals surface area (Å²) in [6.45, 7) is 4.64. The van der Waals surface area contributed by atoms with Crippen molar-refractivity contribution in [1.82, 2.24) is 25.5 Å². The lowest BCUT2D eigenvalue weighted by atomic mass is 10.2. The van der Waals surface area contributed by atoms with Crippen LogP contribution in [0.2, 0.25) is 0 Å². The molecule has 2 rings (SSSR count). The standard InChI is InChI=1S/C12H16N6O/c1-3-13-9-4-5-10(14-6-9)12(19)17-8(2)11-15-7-16-18-11/h4-8,13H,3H2,1-2H3,(H,17,19)(H,15,16,18). The summed E-state index contributed by atoms with van der Waals surface area (Å²) in [5.74, 6) is 0.365. The van der Waals surface area contributed by atoms with Gasteiger partial charge in [0.05, 0.1) is 17.9 Å². The summed E-state index contributed by atoms with van der Waals surface area (Å²) in [5, 5.41) is 12.4. The second-order valence-corrected chi connectivity index (χ2v) is 4.03. The quantitative estimate of drug-likeness (QED) is 0.748. The van der Waals surface area contributed by atoms with Crippen molar-refractivity contribution in [2.45, 2.75) is 19.9 Å². The lowest BCUT2D eigenvalue weighted by Crippen LogP contribution is -2.28. The topological polar surface area (TPSA) is 95.6 Å². The molecule has 0 saturated heterocycles. The second-order valence-electron chi connectivity index (χ2n) is 4.03. The van der Waals surface area contributed by atoms with E-state index in [1.165, 1.54) is 6.33 Å². The van der Waals surface area contributed by atoms with Crippen LogP contribution in [0.25, 0.3) is 0 Å². The number of H-pyrrole nitrogens is 1. The van der Waals surface area contributed by atoms with E-state index in [-0.39, 0.29) is 11.9 Å². The first-order valence-corrected chi connectivity index (χ1v) is 6.06. The van der Waals surface area contributed by atoms with E-state index in [4.69, 9.17) is 0 Å². The lowest BCUT2D eigenvalue weighted by Gasteiger charge is -2.10. The molecule has 1 atom stereocenters. The number of aromatic nitrogens is 4. The third-order valence-corrected chi connectivity index (χ3v) is 2.57. The molecule has 0 aliphatic heterocycles. The number of amides is 1. The van der Waals surface area contributed by atoms with Crippen LogP contribution in [-0.4, -0.2) is 32.6 Å². The number of rotatable bonds is 5. The number of hydrogen-bond acceptors (Lipinski definition) is 5. The van der Waals surface area contributed by atoms with Gasteiger partial charge in [-0.15, -0.1) is 0 Å². The number of hydrogen-bond donors (Lipinski definition) is 3. The molecule has 0 fully saturated rings. The Kier molecular flexibility index (Phi) is 4.07. The van der Waals surface area contributed by atoms with Crippen molar-refractivity contribution in [3.63, 3.8) is 0 Å². The third-order valence-electron chi connectivity index (χ3n) is 2.57. The molecule has 0 aromatic carbocycles. The zero-order valence-corrected chi connectivity index (χ0v) is 10.8. The van der Waals surface area contributed by atoms with Crippen molar-refractivity contribution >= 4 is 11.6 Å². The van der Waals surface area contributed by atoms with Crippen LogP contribution in [-0.2, 0) is 0 Å². The van der Waals surface area contributed by atoms with Gasteiger partial charge in [-0.1, -0.05) is 0 Å². The number of pyridine rings is 1. The number of nitrogens with one attached hydrogen (secondary N) is 3. The molecule has 0 aliphatic rings. The smallest absolute Gasteiger partial charge is 0.270 e. The summed E-state index contributed by atoms with van der Waals surface area (Å²) in [6.07, 6.45) is 3.04. The van der Waals surface area contributed by atoms with Gasteiger partial charge in [-0.3, -0.25) is 9.89 Å². The van der Waals surface area contributed by atoms with Gasteiger partial charge in [-0.25, -0.2) is 9.97 Å². The van der Waals surface area contributed by atoms with E-state index in [0.29, 0.717) is 11.5 Å². The molecule has 1 amide bonds. The van der Waals surface area contributed by atoms with E-state index >= 15 is 0 Å². The van der Waals surface area contributed by atoms with Crippen molar-refractivity contribution in [2.75, 3.05) is 11.9 Å². The van der Waals surface area contributed by atoms with E-state index in [9.17, 15) is 4.79 Å². The van der Waals surface area contributed by atoms with Crippen LogP contribution in [0.1, 0.15) is 36.2 Å². The van der Waals surface area contributed by atoms with E-state index in [0.717, 1.165) is 12.2 Å². The number of anilines is 1. The molecule has 7 nitrogen and oxygen atoms in total. The molecule has 2 aromatic heterocycles. The highest BCUT2D eigenvalue weighted by atomic mass is 16.1. The Hall–Kier alpha value is -2.44. The first-order chi connectivity index (χ1) is 9.20. The van der Waals surface area contributed by atoms with E-state index in [1.54, 1.807) is 12.3 Å². The van der Waals surface area contributed by atoms with Crippen molar-refractivity contribution in [3.05, 3.63) is 36.2 Å². The molecule has 2 heterocycles. The Morgan fingerprint density at radius 1 is 1.42 bits per heavy atom. The first-order valence-electron chi connectivity index (χ1n) is 6.06. The summed E-state index contributed by atoms with van der Waals surface area (Å²) in [6, 6.07) is 3.26. The van der Waals surface area contributed by atoms with Gasteiger partial charge in [-0.2, -0.15) is 5.10 Å². The number of carbonyl (C=O) groups excluding carboxylic acids is 1. The summed E-state index contributed by atoms with van der Waals surface area (Å²) >= 11 is 0. The Morgan fingerprint density at radius 2 is 2.26 bits per heavy atom. The minimum absolute atomic E-state index is 0.244. The SMILES string of the molecule is CCNc1ccc(C(=O)NC(C)c2ncn[nH]2)nc1. The van der Waals surface area contributed by atoms with Gasteiger partial charge >= 0.3 is 0 Å². The Bertz CT molecular complexity index is 522. The zero-order chi connectivity index (χ0) is 13.7. The average molecular weight is 260 g/mol. The fourth-order valence-corrected chi connectivity index (χ4v) is 1.60. The van der Waals surface area contributed by atoms with Gasteiger partial charge in [0.25, 0.3) is 5.91 Å². The van der Waals surface area contributed by atoms with Crippen LogP contribution in [0.15, 0.2) is 24.7 Å². The molecule has 0 radical (unpaired) electrons. The van der Waals surface area contributed by atoms with Crippen LogP contribution in [0.3, 0.4) is 0 Å². The lowest BCUT2D eigenvalue weighted by molar-refractivity contribution is 0.0933. The number of carbonyl (C=O) groups is 1. The summed E-state index contributed by atoms with van der Waals surface area (Å²) < 4.78 is 0. The molecule has 0 bridgehead atoms. The summed E-state index contributed by atoms with van der Waals surface area (Å²) in [5.41, 5.74) is 1.26. The first kappa shape index (κ1) is 13.0. The highest BCUT2D eigenvalue weighted by molar-refractivity contribution is 5.92. The molecule has 0 aliphatic carbocycles. The molecule has 1 unspecified atom stereocenters. The van der Waals surface area contributed by atoms with Crippen molar-refractivity contribution in [2.24, 2.45) is 0 Å². The zero-order valence-electron chi connectivity index (χ0n) is 10.8. The van der Waals surface area contributed by atoms with Crippen LogP contribution in [0.5, 0.6) is 0 Å². The molecule has 100 valence electrons. The van der Waals surface area contributed by atoms with Crippen molar-refractivity contribution in [1.29, 1.82) is 0 Å². The maximum absolute atomic E-state index is 12.0. The van der Waals surface area contributed by atoms with Crippen LogP contribution in [0.4, 0.5) is 5.69 Å². The highest BCUT2D eigenvalue weighted by Gasteiger charge is 2.14. The highest BCUT2D eigenvalue weighted by Crippen LogP contribution is 2.08. The van der Waals surface area contributed by atoms with Crippen LogP contribution >= 0.6 is 0 Å². The maximum atomic E-state index is 12.0. The second kappa shape index (κ2) is 5.94. The predicted octanol–water partition coefficient (Wildman–Crippen LogP) is 1.12. The predicted molar refractivity (Wildman–Crippen MR) is 70.7 cm³/mol. The normalized spacial score (nSPS) is 11.9. The monoisotopic (exact) mass is 260 g/mol. The molecule has 19 heavy (non-hydrogen) atoms. The maximum Gasteiger partial charge on any atom is 0.270 e. The van der Waals surface area contributed by atoms with Gasteiger partial charge < -0.3 is 10.6 Å². The van der Waals surface area contributed by atoms with Crippen LogP contribution < -0.4 is 10.6 Å².